The number of thiazole rings is 1. The largest absolute Gasteiger partial charge is 0.497 e. The number of furan rings is 1. The number of carbonyl (C=O) groups is 2. The number of carboxylic acid groups (broad SMARTS) is 1. The molecule has 3 heterocycles. The van der Waals surface area contributed by atoms with Crippen molar-refractivity contribution < 1.29 is 33.3 Å². The number of benzene rings is 2. The highest BCUT2D eigenvalue weighted by atomic mass is 35.5. The third kappa shape index (κ3) is 5.24. The van der Waals surface area contributed by atoms with Gasteiger partial charge in [-0.05, 0) is 62.4 Å². The highest BCUT2D eigenvalue weighted by Gasteiger charge is 2.35. The predicted molar refractivity (Wildman–Crippen MR) is 156 cm³/mol. The molecule has 1 aliphatic rings. The normalized spacial score (nSPS) is 14.8. The van der Waals surface area contributed by atoms with E-state index < -0.39 is 23.5 Å². The van der Waals surface area contributed by atoms with Crippen LogP contribution in [0.25, 0.3) is 17.4 Å². The lowest BCUT2D eigenvalue weighted by Gasteiger charge is -2.26. The van der Waals surface area contributed by atoms with E-state index in [0.29, 0.717) is 49.2 Å². The molecule has 0 unspecified atom stereocenters. The highest BCUT2D eigenvalue weighted by molar-refractivity contribution is 7.07. The van der Waals surface area contributed by atoms with Crippen LogP contribution in [0.5, 0.6) is 11.5 Å². The number of nitrogens with zero attached hydrogens (tertiary/aromatic N) is 2. The summed E-state index contributed by atoms with van der Waals surface area (Å²) < 4.78 is 24.1. The Bertz CT molecular complexity index is 1930. The minimum absolute atomic E-state index is 0.0545. The lowest BCUT2D eigenvalue weighted by molar-refractivity contribution is -0.139. The van der Waals surface area contributed by atoms with Crippen molar-refractivity contribution in [1.82, 2.24) is 4.57 Å². The van der Waals surface area contributed by atoms with E-state index in [9.17, 15) is 19.5 Å². The second-order valence-electron chi connectivity index (χ2n) is 9.11. The van der Waals surface area contributed by atoms with Crippen LogP contribution in [0.15, 0.2) is 74.0 Å². The average molecular weight is 609 g/mol. The van der Waals surface area contributed by atoms with Crippen LogP contribution in [0.4, 0.5) is 0 Å². The van der Waals surface area contributed by atoms with Gasteiger partial charge in [0.2, 0.25) is 0 Å². The minimum Gasteiger partial charge on any atom is -0.497 e. The molecule has 1 atom stereocenters. The number of fused-ring (bicyclic) bond motifs is 1. The van der Waals surface area contributed by atoms with Gasteiger partial charge in [0.1, 0.15) is 29.1 Å². The van der Waals surface area contributed by atoms with E-state index in [1.807, 2.05) is 0 Å². The Hall–Kier alpha value is -4.61. The zero-order valence-electron chi connectivity index (χ0n) is 23.0. The van der Waals surface area contributed by atoms with Crippen molar-refractivity contribution in [3.05, 3.63) is 101 Å². The first-order valence-corrected chi connectivity index (χ1v) is 13.9. The number of methoxy groups -OCH3 is 2. The quantitative estimate of drug-likeness (QED) is 0.291. The van der Waals surface area contributed by atoms with Gasteiger partial charge in [0, 0.05) is 17.2 Å². The first kappa shape index (κ1) is 28.9. The van der Waals surface area contributed by atoms with E-state index in [4.69, 9.17) is 30.2 Å². The fraction of sp³-hybridized carbons (Fsp3) is 0.200. The van der Waals surface area contributed by atoms with Crippen LogP contribution in [0.3, 0.4) is 0 Å². The highest BCUT2D eigenvalue weighted by Crippen LogP contribution is 2.38. The van der Waals surface area contributed by atoms with Gasteiger partial charge in [-0.15, -0.1) is 0 Å². The molecule has 10 nitrogen and oxygen atoms in total. The van der Waals surface area contributed by atoms with Gasteiger partial charge in [-0.25, -0.2) is 14.6 Å². The van der Waals surface area contributed by atoms with Gasteiger partial charge >= 0.3 is 11.9 Å². The van der Waals surface area contributed by atoms with Gasteiger partial charge in [0.25, 0.3) is 5.56 Å². The number of rotatable bonds is 8. The first-order valence-electron chi connectivity index (χ1n) is 12.7. The fourth-order valence-corrected chi connectivity index (χ4v) is 5.92. The van der Waals surface area contributed by atoms with Crippen LogP contribution < -0.4 is 24.4 Å². The number of hydrogen-bond acceptors (Lipinski definition) is 9. The second-order valence-corrected chi connectivity index (χ2v) is 10.5. The Morgan fingerprint density at radius 1 is 1.14 bits per heavy atom. The minimum atomic E-state index is -1.16. The van der Waals surface area contributed by atoms with Gasteiger partial charge in [-0.1, -0.05) is 22.9 Å². The van der Waals surface area contributed by atoms with Crippen LogP contribution in [-0.4, -0.2) is 42.4 Å². The number of aromatic carboxylic acids is 1. The summed E-state index contributed by atoms with van der Waals surface area (Å²) in [6.07, 6.45) is 1.57. The number of allylic oxidation sites excluding steroid dienone is 1. The summed E-state index contributed by atoms with van der Waals surface area (Å²) in [5.41, 5.74) is 1.20. The molecule has 0 spiro atoms. The third-order valence-corrected chi connectivity index (χ3v) is 7.94. The third-order valence-electron chi connectivity index (χ3n) is 6.63. The maximum Gasteiger partial charge on any atom is 0.338 e. The molecule has 0 aliphatic carbocycles. The van der Waals surface area contributed by atoms with E-state index in [-0.39, 0.29) is 22.8 Å². The molecule has 4 aromatic rings. The molecule has 2 aromatic heterocycles. The van der Waals surface area contributed by atoms with Gasteiger partial charge in [-0.2, -0.15) is 0 Å². The predicted octanol–water partition coefficient (Wildman–Crippen LogP) is 4.43. The lowest BCUT2D eigenvalue weighted by Crippen LogP contribution is -2.40. The lowest BCUT2D eigenvalue weighted by atomic mass is 9.95. The molecule has 42 heavy (non-hydrogen) atoms. The van der Waals surface area contributed by atoms with Crippen molar-refractivity contribution in [2.24, 2.45) is 4.99 Å². The SMILES string of the molecule is CCOC(=O)C1=C(C)N=c2s/c(=C/c3ccc(-c4ccc(Cl)c(C(=O)O)c4)o3)c(=O)n2[C@H]1c1cc(OC)ccc1OC. The van der Waals surface area contributed by atoms with E-state index >= 15 is 0 Å². The van der Waals surface area contributed by atoms with Crippen LogP contribution in [0, 0.1) is 0 Å². The Morgan fingerprint density at radius 2 is 1.93 bits per heavy atom. The van der Waals surface area contributed by atoms with E-state index in [2.05, 4.69) is 4.99 Å². The number of hydrogen-bond donors (Lipinski definition) is 1. The van der Waals surface area contributed by atoms with Crippen molar-refractivity contribution in [2.45, 2.75) is 19.9 Å². The molecule has 12 heteroatoms. The van der Waals surface area contributed by atoms with Gasteiger partial charge in [0.15, 0.2) is 4.80 Å². The molecule has 0 fully saturated rings. The Kier molecular flexibility index (Phi) is 8.06. The van der Waals surface area contributed by atoms with E-state index in [1.165, 1.54) is 30.9 Å². The molecule has 0 bridgehead atoms. The molecule has 0 radical (unpaired) electrons. The summed E-state index contributed by atoms with van der Waals surface area (Å²) >= 11 is 7.14. The molecule has 2 aromatic carbocycles. The summed E-state index contributed by atoms with van der Waals surface area (Å²) in [6, 6.07) is 12.1. The van der Waals surface area contributed by atoms with Crippen molar-refractivity contribution >= 4 is 41.0 Å². The molecule has 0 saturated heterocycles. The summed E-state index contributed by atoms with van der Waals surface area (Å²) in [5, 5.41) is 9.51. The number of carboxylic acids is 1. The summed E-state index contributed by atoms with van der Waals surface area (Å²) in [7, 11) is 3.03. The monoisotopic (exact) mass is 608 g/mol. The molecule has 5 rings (SSSR count). The number of esters is 1. The molecular formula is C30H25ClN2O8S. The van der Waals surface area contributed by atoms with Gasteiger partial charge < -0.3 is 23.7 Å². The maximum absolute atomic E-state index is 13.9. The van der Waals surface area contributed by atoms with Crippen molar-refractivity contribution in [1.29, 1.82) is 0 Å². The summed E-state index contributed by atoms with van der Waals surface area (Å²) in [4.78, 5) is 43.6. The molecule has 0 saturated carbocycles. The van der Waals surface area contributed by atoms with Crippen LogP contribution in [-0.2, 0) is 9.53 Å². The Morgan fingerprint density at radius 3 is 2.62 bits per heavy atom. The zero-order chi connectivity index (χ0) is 30.1. The summed E-state index contributed by atoms with van der Waals surface area (Å²) in [5.74, 6) is -0.0309. The van der Waals surface area contributed by atoms with Crippen molar-refractivity contribution in [3.63, 3.8) is 0 Å². The fourth-order valence-electron chi connectivity index (χ4n) is 4.70. The van der Waals surface area contributed by atoms with E-state index in [0.717, 1.165) is 11.3 Å². The number of halogens is 1. The van der Waals surface area contributed by atoms with Gasteiger partial charge in [0.05, 0.1) is 47.2 Å². The standard InChI is InChI=1S/C30H25ClN2O8S/c1-5-40-29(37)25-15(2)32-30-33(26(25)20-13-17(38-3)7-11-23(20)39-4)27(34)24(42-30)14-18-8-10-22(41-18)16-6-9-21(31)19(12-16)28(35)36/h6-14,26H,5H2,1-4H3,(H,35,36)/b24-14+/t26-/m0/s1. The first-order chi connectivity index (χ1) is 20.2. The smallest absolute Gasteiger partial charge is 0.338 e. The van der Waals surface area contributed by atoms with Gasteiger partial charge in [-0.3, -0.25) is 9.36 Å². The van der Waals surface area contributed by atoms with E-state index in [1.54, 1.807) is 56.3 Å². The van der Waals surface area contributed by atoms with Crippen LogP contribution in [0.2, 0.25) is 5.02 Å². The molecule has 0 amide bonds. The number of ether oxygens (including phenoxy) is 3. The van der Waals surface area contributed by atoms with Crippen molar-refractivity contribution in [2.75, 3.05) is 20.8 Å². The molecule has 216 valence electrons. The van der Waals surface area contributed by atoms with Crippen molar-refractivity contribution in [3.8, 4) is 22.8 Å². The molecule has 1 aliphatic heterocycles. The zero-order valence-corrected chi connectivity index (χ0v) is 24.5. The molecule has 1 N–H and O–H groups in total. The number of aromatic nitrogens is 1. The number of carbonyl (C=O) groups excluding carboxylic acids is 1. The average Bonchev–Trinajstić information content (AvgIpc) is 3.56. The Labute approximate surface area is 248 Å². The second kappa shape index (κ2) is 11.7. The molecular weight excluding hydrogens is 584 g/mol. The topological polar surface area (TPSA) is 130 Å². The Balaban J connectivity index is 1.66. The van der Waals surface area contributed by atoms with Crippen LogP contribution in [0.1, 0.15) is 41.6 Å². The maximum atomic E-state index is 13.9. The van der Waals surface area contributed by atoms with Crippen LogP contribution >= 0.6 is 22.9 Å². The summed E-state index contributed by atoms with van der Waals surface area (Å²) in [6.45, 7) is 3.54.